The van der Waals surface area contributed by atoms with Crippen LogP contribution in [-0.4, -0.2) is 76.9 Å². The molecule has 0 aliphatic heterocycles. The molecular formula is C42H64N6O7. The molecule has 55 heavy (non-hydrogen) atoms. The zero-order valence-electron chi connectivity index (χ0n) is 33.8. The van der Waals surface area contributed by atoms with Crippen molar-refractivity contribution in [3.8, 4) is 0 Å². The Morgan fingerprint density at radius 1 is 0.636 bits per heavy atom. The first kappa shape index (κ1) is 46.4. The summed E-state index contributed by atoms with van der Waals surface area (Å²) in [5, 5.41) is 23.6. The van der Waals surface area contributed by atoms with Gasteiger partial charge >= 0.3 is 5.97 Å². The Bertz CT molecular complexity index is 1540. The number of rotatable bonds is 23. The van der Waals surface area contributed by atoms with Gasteiger partial charge in [-0.2, -0.15) is 0 Å². The molecule has 0 aliphatic rings. The number of nitrogens with two attached hydrogens (primary N) is 1. The number of aryl methyl sites for hydroxylation is 1. The summed E-state index contributed by atoms with van der Waals surface area (Å²) in [5.74, 6) is -4.51. The summed E-state index contributed by atoms with van der Waals surface area (Å²) in [6.45, 7) is 14.5. The molecule has 5 amide bonds. The highest BCUT2D eigenvalue weighted by molar-refractivity contribution is 5.93. The fraction of sp³-hybridized carbons (Fsp3) is 0.571. The summed E-state index contributed by atoms with van der Waals surface area (Å²) in [6.07, 6.45) is 1.65. The van der Waals surface area contributed by atoms with Crippen molar-refractivity contribution in [2.24, 2.45) is 29.4 Å². The van der Waals surface area contributed by atoms with E-state index in [2.05, 4.69) is 26.6 Å². The number of hydrogen-bond donors (Lipinski definition) is 7. The van der Waals surface area contributed by atoms with E-state index in [0.717, 1.165) is 11.1 Å². The van der Waals surface area contributed by atoms with Crippen LogP contribution in [0, 0.1) is 23.7 Å². The van der Waals surface area contributed by atoms with Crippen molar-refractivity contribution >= 4 is 35.5 Å². The molecule has 0 saturated carbocycles. The quantitative estimate of drug-likeness (QED) is 0.0889. The number of hydrogen-bond acceptors (Lipinski definition) is 7. The van der Waals surface area contributed by atoms with Crippen LogP contribution in [-0.2, 0) is 41.6 Å². The number of carbonyl (C=O) groups is 6. The predicted molar refractivity (Wildman–Crippen MR) is 213 cm³/mol. The van der Waals surface area contributed by atoms with Gasteiger partial charge in [-0.05, 0) is 54.1 Å². The van der Waals surface area contributed by atoms with Gasteiger partial charge in [-0.1, -0.05) is 122 Å². The minimum absolute atomic E-state index is 0.0793. The van der Waals surface area contributed by atoms with Gasteiger partial charge < -0.3 is 37.4 Å². The van der Waals surface area contributed by atoms with E-state index in [1.54, 1.807) is 34.6 Å². The maximum Gasteiger partial charge on any atom is 0.326 e. The summed E-state index contributed by atoms with van der Waals surface area (Å²) in [7, 11) is 0. The van der Waals surface area contributed by atoms with Crippen LogP contribution >= 0.6 is 0 Å². The number of nitrogens with one attached hydrogen (secondary N) is 5. The maximum absolute atomic E-state index is 14.0. The van der Waals surface area contributed by atoms with Crippen molar-refractivity contribution in [1.29, 1.82) is 0 Å². The molecule has 0 aromatic heterocycles. The van der Waals surface area contributed by atoms with E-state index < -0.39 is 65.8 Å². The van der Waals surface area contributed by atoms with E-state index in [9.17, 15) is 33.9 Å². The summed E-state index contributed by atoms with van der Waals surface area (Å²) in [6, 6.07) is 13.3. The number of aliphatic carboxylic acids is 1. The fourth-order valence-corrected chi connectivity index (χ4v) is 6.16. The lowest BCUT2D eigenvalue weighted by atomic mass is 9.94. The Balaban J connectivity index is 2.23. The summed E-state index contributed by atoms with van der Waals surface area (Å²) in [4.78, 5) is 79.1. The number of amides is 5. The van der Waals surface area contributed by atoms with Gasteiger partial charge in [0.2, 0.25) is 29.5 Å². The molecule has 0 fully saturated rings. The number of carboxylic acids is 1. The maximum atomic E-state index is 14.0. The molecule has 2 aromatic carbocycles. The van der Waals surface area contributed by atoms with Crippen molar-refractivity contribution in [2.45, 2.75) is 130 Å². The van der Waals surface area contributed by atoms with Crippen LogP contribution in [0.5, 0.6) is 0 Å². The molecule has 0 aliphatic carbocycles. The van der Waals surface area contributed by atoms with E-state index in [1.807, 2.05) is 81.4 Å². The van der Waals surface area contributed by atoms with Gasteiger partial charge in [0.1, 0.15) is 24.2 Å². The molecule has 0 unspecified atom stereocenters. The molecule has 0 saturated heterocycles. The highest BCUT2D eigenvalue weighted by Gasteiger charge is 2.34. The number of carbonyl (C=O) groups excluding carboxylic acids is 5. The van der Waals surface area contributed by atoms with Crippen LogP contribution in [0.4, 0.5) is 0 Å². The van der Waals surface area contributed by atoms with Gasteiger partial charge in [-0.25, -0.2) is 4.79 Å². The lowest BCUT2D eigenvalue weighted by Gasteiger charge is -2.31. The predicted octanol–water partition coefficient (Wildman–Crippen LogP) is 3.49. The van der Waals surface area contributed by atoms with Crippen LogP contribution in [0.2, 0.25) is 0 Å². The van der Waals surface area contributed by atoms with Gasteiger partial charge in [-0.15, -0.1) is 0 Å². The molecule has 13 heteroatoms. The first-order valence-corrected chi connectivity index (χ1v) is 19.5. The number of benzene rings is 2. The lowest BCUT2D eigenvalue weighted by Crippen LogP contribution is -2.60. The van der Waals surface area contributed by atoms with Gasteiger partial charge in [0.05, 0.1) is 0 Å². The molecule has 0 bridgehead atoms. The van der Waals surface area contributed by atoms with Crippen molar-refractivity contribution < 1.29 is 33.9 Å². The normalized spacial score (nSPS) is 15.2. The molecule has 13 nitrogen and oxygen atoms in total. The third kappa shape index (κ3) is 16.2. The van der Waals surface area contributed by atoms with Crippen LogP contribution in [0.25, 0.3) is 0 Å². The SMILES string of the molecule is CC[C@H](C)[C@H](NC(=O)C[C@H](N)[C@H](Cc1ccccc1)NC(=O)[C@@H](NC(=O)[C@H](CC(C)C)NC(=O)CCc1ccccc1)C(C)C)C(=O)N[C@H](C(=O)O)C(C)C. The minimum Gasteiger partial charge on any atom is -0.480 e. The molecule has 0 heterocycles. The molecule has 0 radical (unpaired) electrons. The second-order valence-corrected chi connectivity index (χ2v) is 15.6. The first-order valence-electron chi connectivity index (χ1n) is 19.5. The van der Waals surface area contributed by atoms with Crippen LogP contribution in [0.3, 0.4) is 0 Å². The smallest absolute Gasteiger partial charge is 0.326 e. The van der Waals surface area contributed by atoms with Crippen LogP contribution in [0.1, 0.15) is 92.2 Å². The summed E-state index contributed by atoms with van der Waals surface area (Å²) >= 11 is 0. The summed E-state index contributed by atoms with van der Waals surface area (Å²) < 4.78 is 0. The molecular weight excluding hydrogens is 700 g/mol. The summed E-state index contributed by atoms with van der Waals surface area (Å²) in [5.41, 5.74) is 8.52. The fourth-order valence-electron chi connectivity index (χ4n) is 6.16. The third-order valence-electron chi connectivity index (χ3n) is 9.70. The largest absolute Gasteiger partial charge is 0.480 e. The Kier molecular flexibility index (Phi) is 19.6. The minimum atomic E-state index is -1.17. The second kappa shape index (κ2) is 23.2. The Hall–Kier alpha value is -4.78. The van der Waals surface area contributed by atoms with Crippen molar-refractivity contribution in [3.05, 3.63) is 71.8 Å². The highest BCUT2D eigenvalue weighted by Crippen LogP contribution is 2.14. The topological polar surface area (TPSA) is 209 Å². The molecule has 7 atom stereocenters. The van der Waals surface area contributed by atoms with Crippen LogP contribution in [0.15, 0.2) is 60.7 Å². The van der Waals surface area contributed by atoms with Gasteiger partial charge in [0, 0.05) is 24.9 Å². The van der Waals surface area contributed by atoms with Gasteiger partial charge in [-0.3, -0.25) is 24.0 Å². The van der Waals surface area contributed by atoms with Crippen molar-refractivity contribution in [2.75, 3.05) is 0 Å². The van der Waals surface area contributed by atoms with E-state index in [0.29, 0.717) is 19.3 Å². The van der Waals surface area contributed by atoms with Crippen LogP contribution < -0.4 is 32.3 Å². The van der Waals surface area contributed by atoms with E-state index in [-0.39, 0.29) is 48.8 Å². The van der Waals surface area contributed by atoms with Gasteiger partial charge in [0.25, 0.3) is 0 Å². The Morgan fingerprint density at radius 3 is 1.67 bits per heavy atom. The molecule has 0 spiro atoms. The van der Waals surface area contributed by atoms with E-state index in [1.165, 1.54) is 0 Å². The molecule has 2 aromatic rings. The Morgan fingerprint density at radius 2 is 1.16 bits per heavy atom. The van der Waals surface area contributed by atoms with Gasteiger partial charge in [0.15, 0.2) is 0 Å². The monoisotopic (exact) mass is 764 g/mol. The lowest BCUT2D eigenvalue weighted by molar-refractivity contribution is -0.143. The molecule has 304 valence electrons. The zero-order valence-corrected chi connectivity index (χ0v) is 33.8. The standard InChI is InChI=1S/C42H64N6O7/c1-9-28(8)38(41(53)48-37(27(6)7)42(54)55)46-35(50)24-31(43)32(23-30-18-14-11-15-19-30)45-40(52)36(26(4)5)47-39(51)33(22-25(2)3)44-34(49)21-20-29-16-12-10-13-17-29/h10-19,25-28,31-33,36-38H,9,20-24,43H2,1-8H3,(H,44,49)(H,45,52)(H,46,50)(H,47,51)(H,48,53)(H,54,55)/t28-,31-,32-,33-,36-,37-,38-/m0/s1. The first-order chi connectivity index (χ1) is 25.9. The van der Waals surface area contributed by atoms with Crippen molar-refractivity contribution in [3.63, 3.8) is 0 Å². The zero-order chi connectivity index (χ0) is 41.2. The average molecular weight is 765 g/mol. The molecule has 2 rings (SSSR count). The van der Waals surface area contributed by atoms with Crippen molar-refractivity contribution in [1.82, 2.24) is 26.6 Å². The van der Waals surface area contributed by atoms with E-state index in [4.69, 9.17) is 5.73 Å². The average Bonchev–Trinajstić information content (AvgIpc) is 3.13. The van der Waals surface area contributed by atoms with E-state index >= 15 is 0 Å². The molecule has 8 N–H and O–H groups in total. The Labute approximate surface area is 326 Å². The highest BCUT2D eigenvalue weighted by atomic mass is 16.4. The number of carboxylic acid groups (broad SMARTS) is 1. The third-order valence-corrected chi connectivity index (χ3v) is 9.70. The second-order valence-electron chi connectivity index (χ2n) is 15.6.